The van der Waals surface area contributed by atoms with Crippen molar-refractivity contribution in [3.05, 3.63) is 40.3 Å². The summed E-state index contributed by atoms with van der Waals surface area (Å²) >= 11 is 0. The van der Waals surface area contributed by atoms with E-state index in [9.17, 15) is 4.79 Å². The fourth-order valence-corrected chi connectivity index (χ4v) is 2.24. The molecule has 2 aromatic heterocycles. The number of pyridine rings is 1. The molecule has 2 heterocycles. The summed E-state index contributed by atoms with van der Waals surface area (Å²) in [7, 11) is 1.64. The van der Waals surface area contributed by atoms with Crippen molar-refractivity contribution in [2.24, 2.45) is 0 Å². The van der Waals surface area contributed by atoms with Crippen molar-refractivity contribution in [1.82, 2.24) is 9.97 Å². The summed E-state index contributed by atoms with van der Waals surface area (Å²) in [6.45, 7) is 1.88. The van der Waals surface area contributed by atoms with Gasteiger partial charge < -0.3 is 14.7 Å². The molecule has 0 radical (unpaired) electrons. The SMILES string of the molecule is COc1cccc2c1[nH]c1c(C)[nH]c(=O)cc12. The van der Waals surface area contributed by atoms with Gasteiger partial charge in [0.2, 0.25) is 5.56 Å². The van der Waals surface area contributed by atoms with Gasteiger partial charge in [-0.1, -0.05) is 12.1 Å². The molecule has 0 unspecified atom stereocenters. The Morgan fingerprint density at radius 3 is 2.71 bits per heavy atom. The molecule has 0 spiro atoms. The van der Waals surface area contributed by atoms with Crippen LogP contribution in [0.25, 0.3) is 21.8 Å². The van der Waals surface area contributed by atoms with Gasteiger partial charge >= 0.3 is 0 Å². The molecule has 0 saturated heterocycles. The summed E-state index contributed by atoms with van der Waals surface area (Å²) < 4.78 is 5.31. The highest BCUT2D eigenvalue weighted by Gasteiger charge is 2.10. The van der Waals surface area contributed by atoms with Crippen molar-refractivity contribution in [1.29, 1.82) is 0 Å². The van der Waals surface area contributed by atoms with E-state index in [1.54, 1.807) is 13.2 Å². The molecule has 0 bridgehead atoms. The van der Waals surface area contributed by atoms with Crippen LogP contribution in [0, 0.1) is 6.92 Å². The van der Waals surface area contributed by atoms with Gasteiger partial charge in [-0.25, -0.2) is 0 Å². The van der Waals surface area contributed by atoms with Crippen LogP contribution in [0.2, 0.25) is 0 Å². The van der Waals surface area contributed by atoms with Crippen LogP contribution in [0.3, 0.4) is 0 Å². The summed E-state index contributed by atoms with van der Waals surface area (Å²) in [6.07, 6.45) is 0. The number of H-pyrrole nitrogens is 2. The third-order valence-corrected chi connectivity index (χ3v) is 3.02. The molecule has 3 aromatic rings. The lowest BCUT2D eigenvalue weighted by Gasteiger charge is -1.99. The molecular formula is C13H12N2O2. The van der Waals surface area contributed by atoms with Gasteiger partial charge in [-0.2, -0.15) is 0 Å². The molecule has 4 nitrogen and oxygen atoms in total. The number of aryl methyl sites for hydroxylation is 1. The van der Waals surface area contributed by atoms with E-state index < -0.39 is 0 Å². The fourth-order valence-electron chi connectivity index (χ4n) is 2.24. The minimum atomic E-state index is -0.0845. The van der Waals surface area contributed by atoms with Crippen molar-refractivity contribution in [2.45, 2.75) is 6.92 Å². The highest BCUT2D eigenvalue weighted by molar-refractivity contribution is 6.09. The number of fused-ring (bicyclic) bond motifs is 3. The van der Waals surface area contributed by atoms with Crippen LogP contribution < -0.4 is 10.3 Å². The lowest BCUT2D eigenvalue weighted by molar-refractivity contribution is 0.419. The Hall–Kier alpha value is -2.23. The Bertz CT molecular complexity index is 768. The van der Waals surface area contributed by atoms with Crippen molar-refractivity contribution in [3.8, 4) is 5.75 Å². The highest BCUT2D eigenvalue weighted by atomic mass is 16.5. The molecule has 0 atom stereocenters. The predicted octanol–water partition coefficient (Wildman–Crippen LogP) is 2.33. The first-order chi connectivity index (χ1) is 8.20. The zero-order valence-electron chi connectivity index (χ0n) is 9.63. The van der Waals surface area contributed by atoms with Crippen molar-refractivity contribution in [3.63, 3.8) is 0 Å². The van der Waals surface area contributed by atoms with Gasteiger partial charge in [0.05, 0.1) is 18.1 Å². The summed E-state index contributed by atoms with van der Waals surface area (Å²) in [4.78, 5) is 17.6. The Kier molecular flexibility index (Phi) is 1.98. The number of benzene rings is 1. The molecule has 0 aliphatic heterocycles. The van der Waals surface area contributed by atoms with Crippen molar-refractivity contribution in [2.75, 3.05) is 7.11 Å². The third kappa shape index (κ3) is 1.34. The van der Waals surface area contributed by atoms with Crippen molar-refractivity contribution < 1.29 is 4.74 Å². The molecule has 1 aromatic carbocycles. The Balaban J connectivity index is 2.58. The van der Waals surface area contributed by atoms with Gasteiger partial charge in [0, 0.05) is 22.5 Å². The number of hydrogen-bond acceptors (Lipinski definition) is 2. The maximum atomic E-state index is 11.5. The maximum absolute atomic E-state index is 11.5. The molecule has 2 N–H and O–H groups in total. The van der Waals surface area contributed by atoms with Gasteiger partial charge in [0.25, 0.3) is 0 Å². The van der Waals surface area contributed by atoms with Gasteiger partial charge in [0.15, 0.2) is 0 Å². The van der Waals surface area contributed by atoms with E-state index >= 15 is 0 Å². The first kappa shape index (κ1) is 9.96. The van der Waals surface area contributed by atoms with Crippen LogP contribution in [-0.2, 0) is 0 Å². The predicted molar refractivity (Wildman–Crippen MR) is 67.7 cm³/mol. The van der Waals surface area contributed by atoms with Gasteiger partial charge in [-0.05, 0) is 13.0 Å². The smallest absolute Gasteiger partial charge is 0.248 e. The number of methoxy groups -OCH3 is 1. The Morgan fingerprint density at radius 1 is 1.12 bits per heavy atom. The zero-order chi connectivity index (χ0) is 12.0. The number of ether oxygens (including phenoxy) is 1. The van der Waals surface area contributed by atoms with E-state index in [0.29, 0.717) is 0 Å². The second-order valence-electron chi connectivity index (χ2n) is 4.06. The van der Waals surface area contributed by atoms with Gasteiger partial charge in [0.1, 0.15) is 5.75 Å². The number of aromatic amines is 2. The minimum Gasteiger partial charge on any atom is -0.495 e. The number of rotatable bonds is 1. The second kappa shape index (κ2) is 3.38. The van der Waals surface area contributed by atoms with Crippen LogP contribution >= 0.6 is 0 Å². The number of aromatic nitrogens is 2. The standard InChI is InChI=1S/C13H12N2O2/c1-7-12-9(6-11(16)14-7)8-4-3-5-10(17-2)13(8)15-12/h3-6,15H,1-2H3,(H,14,16). The second-order valence-corrected chi connectivity index (χ2v) is 4.06. The van der Waals surface area contributed by atoms with E-state index in [1.807, 2.05) is 25.1 Å². The van der Waals surface area contributed by atoms with Crippen molar-refractivity contribution >= 4 is 21.8 Å². The average Bonchev–Trinajstić information content (AvgIpc) is 2.68. The molecule has 0 amide bonds. The summed E-state index contributed by atoms with van der Waals surface area (Å²) in [6, 6.07) is 7.41. The molecule has 0 aliphatic rings. The monoisotopic (exact) mass is 228 g/mol. The average molecular weight is 228 g/mol. The number of para-hydroxylation sites is 1. The first-order valence-corrected chi connectivity index (χ1v) is 5.39. The van der Waals surface area contributed by atoms with Gasteiger partial charge in [-0.15, -0.1) is 0 Å². The molecule has 0 saturated carbocycles. The van der Waals surface area contributed by atoms with Crippen LogP contribution in [0.1, 0.15) is 5.69 Å². The van der Waals surface area contributed by atoms with Crippen LogP contribution in [0.15, 0.2) is 29.1 Å². The highest BCUT2D eigenvalue weighted by Crippen LogP contribution is 2.31. The van der Waals surface area contributed by atoms with Crippen LogP contribution in [0.5, 0.6) is 5.75 Å². The zero-order valence-corrected chi connectivity index (χ0v) is 9.63. The quantitative estimate of drug-likeness (QED) is 0.671. The number of nitrogens with one attached hydrogen (secondary N) is 2. The van der Waals surface area contributed by atoms with Crippen LogP contribution in [-0.4, -0.2) is 17.1 Å². The summed E-state index contributed by atoms with van der Waals surface area (Å²) in [5.74, 6) is 0.783. The van der Waals surface area contributed by atoms with E-state index in [-0.39, 0.29) is 5.56 Å². The molecule has 0 fully saturated rings. The lowest BCUT2D eigenvalue weighted by Crippen LogP contribution is -2.04. The largest absolute Gasteiger partial charge is 0.495 e. The Labute approximate surface area is 97.2 Å². The first-order valence-electron chi connectivity index (χ1n) is 5.39. The fraction of sp³-hybridized carbons (Fsp3) is 0.154. The van der Waals surface area contributed by atoms with Gasteiger partial charge in [-0.3, -0.25) is 4.79 Å². The van der Waals surface area contributed by atoms with E-state index in [1.165, 1.54) is 0 Å². The van der Waals surface area contributed by atoms with E-state index in [0.717, 1.165) is 33.2 Å². The third-order valence-electron chi connectivity index (χ3n) is 3.02. The summed E-state index contributed by atoms with van der Waals surface area (Å²) in [5, 5.41) is 1.94. The molecule has 4 heteroatoms. The molecule has 3 rings (SSSR count). The van der Waals surface area contributed by atoms with Crippen LogP contribution in [0.4, 0.5) is 0 Å². The number of hydrogen-bond donors (Lipinski definition) is 2. The summed E-state index contributed by atoms with van der Waals surface area (Å²) in [5.41, 5.74) is 2.63. The minimum absolute atomic E-state index is 0.0845. The molecular weight excluding hydrogens is 216 g/mol. The lowest BCUT2D eigenvalue weighted by atomic mass is 10.1. The van der Waals surface area contributed by atoms with E-state index in [2.05, 4.69) is 9.97 Å². The molecule has 0 aliphatic carbocycles. The van der Waals surface area contributed by atoms with E-state index in [4.69, 9.17) is 4.74 Å². The maximum Gasteiger partial charge on any atom is 0.248 e. The molecule has 86 valence electrons. The topological polar surface area (TPSA) is 57.9 Å². The Morgan fingerprint density at radius 2 is 1.94 bits per heavy atom. The normalized spacial score (nSPS) is 11.2. The molecule has 17 heavy (non-hydrogen) atoms.